The molecule has 2 aliphatic heterocycles. The number of hydrogen-bond donors (Lipinski definition) is 1. The van der Waals surface area contributed by atoms with Crippen molar-refractivity contribution in [1.82, 2.24) is 10.2 Å². The van der Waals surface area contributed by atoms with Gasteiger partial charge in [-0.25, -0.2) is 0 Å². The number of likely N-dealkylation sites (N-methyl/N-ethyl adjacent to an activating group) is 1. The Labute approximate surface area is 102 Å². The number of amides is 1. The first-order valence-electron chi connectivity index (χ1n) is 6.44. The minimum atomic E-state index is 0.137. The van der Waals surface area contributed by atoms with Crippen molar-refractivity contribution in [2.75, 3.05) is 46.5 Å². The number of carbonyl (C=O) groups is 1. The van der Waals surface area contributed by atoms with Gasteiger partial charge in [-0.3, -0.25) is 4.79 Å². The number of rotatable bonds is 3. The van der Waals surface area contributed by atoms with Crippen molar-refractivity contribution in [2.24, 2.45) is 5.92 Å². The Morgan fingerprint density at radius 2 is 2.12 bits per heavy atom. The molecule has 0 spiro atoms. The largest absolute Gasteiger partial charge is 0.381 e. The summed E-state index contributed by atoms with van der Waals surface area (Å²) < 4.78 is 10.9. The molecule has 2 rings (SSSR count). The smallest absolute Gasteiger partial charge is 0.226 e. The van der Waals surface area contributed by atoms with Crippen LogP contribution in [-0.2, 0) is 14.3 Å². The zero-order valence-corrected chi connectivity index (χ0v) is 10.5. The van der Waals surface area contributed by atoms with Gasteiger partial charge >= 0.3 is 0 Å². The molecule has 1 amide bonds. The van der Waals surface area contributed by atoms with E-state index in [9.17, 15) is 4.79 Å². The van der Waals surface area contributed by atoms with Crippen LogP contribution in [0.5, 0.6) is 0 Å². The average molecular weight is 242 g/mol. The first-order valence-corrected chi connectivity index (χ1v) is 6.44. The van der Waals surface area contributed by atoms with Crippen LogP contribution in [0.3, 0.4) is 0 Å². The molecule has 0 aromatic rings. The van der Waals surface area contributed by atoms with Crippen molar-refractivity contribution in [3.05, 3.63) is 0 Å². The van der Waals surface area contributed by atoms with Crippen molar-refractivity contribution in [3.8, 4) is 0 Å². The van der Waals surface area contributed by atoms with Gasteiger partial charge in [0.2, 0.25) is 5.91 Å². The summed E-state index contributed by atoms with van der Waals surface area (Å²) in [5, 5.41) is 3.09. The Kier molecular flexibility index (Phi) is 4.76. The number of nitrogens with one attached hydrogen (secondary N) is 1. The van der Waals surface area contributed by atoms with Crippen LogP contribution in [0.2, 0.25) is 0 Å². The Morgan fingerprint density at radius 3 is 2.82 bits per heavy atom. The molecule has 0 saturated carbocycles. The minimum Gasteiger partial charge on any atom is -0.381 e. The molecular weight excluding hydrogens is 220 g/mol. The Morgan fingerprint density at radius 1 is 1.35 bits per heavy atom. The van der Waals surface area contributed by atoms with Gasteiger partial charge in [-0.05, 0) is 19.9 Å². The van der Waals surface area contributed by atoms with Crippen LogP contribution >= 0.6 is 0 Å². The summed E-state index contributed by atoms with van der Waals surface area (Å²) in [4.78, 5) is 14.3. The molecule has 5 heteroatoms. The van der Waals surface area contributed by atoms with E-state index in [0.29, 0.717) is 6.61 Å². The average Bonchev–Trinajstić information content (AvgIpc) is 2.40. The maximum absolute atomic E-state index is 12.3. The van der Waals surface area contributed by atoms with Crippen molar-refractivity contribution < 1.29 is 14.3 Å². The third-order valence-electron chi connectivity index (χ3n) is 3.45. The van der Waals surface area contributed by atoms with Gasteiger partial charge in [-0.2, -0.15) is 0 Å². The van der Waals surface area contributed by atoms with E-state index in [1.807, 2.05) is 11.9 Å². The van der Waals surface area contributed by atoms with Crippen molar-refractivity contribution >= 4 is 5.91 Å². The predicted molar refractivity (Wildman–Crippen MR) is 63.8 cm³/mol. The molecule has 5 nitrogen and oxygen atoms in total. The van der Waals surface area contributed by atoms with Crippen LogP contribution in [0, 0.1) is 5.92 Å². The Hall–Kier alpha value is -0.650. The molecule has 98 valence electrons. The lowest BCUT2D eigenvalue weighted by Crippen LogP contribution is -2.50. The highest BCUT2D eigenvalue weighted by molar-refractivity contribution is 5.79. The summed E-state index contributed by atoms with van der Waals surface area (Å²) in [7, 11) is 1.91. The second kappa shape index (κ2) is 6.33. The lowest BCUT2D eigenvalue weighted by Gasteiger charge is -2.35. The second-order valence-electron chi connectivity index (χ2n) is 4.72. The van der Waals surface area contributed by atoms with Gasteiger partial charge in [0.25, 0.3) is 0 Å². The first-order chi connectivity index (χ1) is 8.31. The molecule has 2 saturated heterocycles. The molecule has 0 aliphatic carbocycles. The molecule has 1 N–H and O–H groups in total. The predicted octanol–water partition coefficient (Wildman–Crippen LogP) is -0.140. The van der Waals surface area contributed by atoms with Crippen LogP contribution in [-0.4, -0.2) is 63.4 Å². The molecule has 17 heavy (non-hydrogen) atoms. The number of hydrogen-bond acceptors (Lipinski definition) is 4. The molecule has 0 aromatic heterocycles. The van der Waals surface area contributed by atoms with Crippen LogP contribution in [0.15, 0.2) is 0 Å². The summed E-state index contributed by atoms with van der Waals surface area (Å²) in [5.41, 5.74) is 0. The lowest BCUT2D eigenvalue weighted by atomic mass is 9.98. The van der Waals surface area contributed by atoms with Gasteiger partial charge in [0, 0.05) is 38.8 Å². The van der Waals surface area contributed by atoms with Gasteiger partial charge in [-0.15, -0.1) is 0 Å². The van der Waals surface area contributed by atoms with E-state index in [2.05, 4.69) is 5.32 Å². The molecule has 1 unspecified atom stereocenters. The molecule has 2 aliphatic rings. The van der Waals surface area contributed by atoms with Crippen LogP contribution < -0.4 is 5.32 Å². The molecular formula is C12H22N2O3. The number of carbonyl (C=O) groups excluding carboxylic acids is 1. The van der Waals surface area contributed by atoms with E-state index in [1.165, 1.54) is 0 Å². The molecule has 2 heterocycles. The Bertz CT molecular complexity index is 252. The van der Waals surface area contributed by atoms with E-state index in [1.54, 1.807) is 0 Å². The quantitative estimate of drug-likeness (QED) is 0.748. The molecule has 0 radical (unpaired) electrons. The second-order valence-corrected chi connectivity index (χ2v) is 4.72. The number of morpholine rings is 1. The summed E-state index contributed by atoms with van der Waals surface area (Å²) in [6.07, 6.45) is 1.87. The molecule has 1 atom stereocenters. The van der Waals surface area contributed by atoms with Crippen molar-refractivity contribution in [1.29, 1.82) is 0 Å². The Balaban J connectivity index is 1.85. The van der Waals surface area contributed by atoms with Crippen LogP contribution in [0.1, 0.15) is 12.8 Å². The molecule has 2 fully saturated rings. The minimum absolute atomic E-state index is 0.137. The third-order valence-corrected chi connectivity index (χ3v) is 3.45. The standard InChI is InChI=1S/C12H22N2O3/c1-13-8-11-9-14(4-7-17-11)12(15)10-2-5-16-6-3-10/h10-11,13H,2-9H2,1H3. The highest BCUT2D eigenvalue weighted by Gasteiger charge is 2.30. The van der Waals surface area contributed by atoms with E-state index >= 15 is 0 Å². The topological polar surface area (TPSA) is 50.8 Å². The van der Waals surface area contributed by atoms with Gasteiger partial charge in [0.05, 0.1) is 12.7 Å². The van der Waals surface area contributed by atoms with E-state index in [0.717, 1.165) is 45.7 Å². The first kappa shape index (κ1) is 12.8. The summed E-state index contributed by atoms with van der Waals surface area (Å²) in [6.45, 7) is 4.35. The third kappa shape index (κ3) is 3.40. The van der Waals surface area contributed by atoms with Crippen molar-refractivity contribution in [2.45, 2.75) is 18.9 Å². The van der Waals surface area contributed by atoms with Gasteiger partial charge in [0.1, 0.15) is 0 Å². The SMILES string of the molecule is CNCC1CN(C(=O)C2CCOCC2)CCO1. The monoisotopic (exact) mass is 242 g/mol. The van der Waals surface area contributed by atoms with E-state index in [4.69, 9.17) is 9.47 Å². The normalized spacial score (nSPS) is 27.1. The number of ether oxygens (including phenoxy) is 2. The lowest BCUT2D eigenvalue weighted by molar-refractivity contribution is -0.145. The van der Waals surface area contributed by atoms with Gasteiger partial charge in [0.15, 0.2) is 0 Å². The fourth-order valence-corrected chi connectivity index (χ4v) is 2.47. The highest BCUT2D eigenvalue weighted by atomic mass is 16.5. The van der Waals surface area contributed by atoms with E-state index in [-0.39, 0.29) is 17.9 Å². The maximum atomic E-state index is 12.3. The number of nitrogens with zero attached hydrogens (tertiary/aromatic N) is 1. The van der Waals surface area contributed by atoms with E-state index < -0.39 is 0 Å². The maximum Gasteiger partial charge on any atom is 0.226 e. The molecule has 0 aromatic carbocycles. The summed E-state index contributed by atoms with van der Waals surface area (Å²) >= 11 is 0. The summed E-state index contributed by atoms with van der Waals surface area (Å²) in [5.74, 6) is 0.454. The van der Waals surface area contributed by atoms with Crippen LogP contribution in [0.4, 0.5) is 0 Å². The van der Waals surface area contributed by atoms with Gasteiger partial charge in [-0.1, -0.05) is 0 Å². The summed E-state index contributed by atoms with van der Waals surface area (Å²) in [6, 6.07) is 0. The van der Waals surface area contributed by atoms with Crippen molar-refractivity contribution in [3.63, 3.8) is 0 Å². The zero-order chi connectivity index (χ0) is 12.1. The fraction of sp³-hybridized carbons (Fsp3) is 0.917. The zero-order valence-electron chi connectivity index (χ0n) is 10.5. The fourth-order valence-electron chi connectivity index (χ4n) is 2.47. The molecule has 0 bridgehead atoms. The van der Waals surface area contributed by atoms with Gasteiger partial charge < -0.3 is 19.7 Å². The van der Waals surface area contributed by atoms with Crippen LogP contribution in [0.25, 0.3) is 0 Å². The highest BCUT2D eigenvalue weighted by Crippen LogP contribution is 2.19.